The number of nitrogens with zero attached hydrogens (tertiary/aromatic N) is 1. The normalized spacial score (nSPS) is 14.9. The molecule has 4 nitrogen and oxygen atoms in total. The standard InChI is InChI=1S/C31H64NO3P/c1-6-8-9-10-11-12-13-14-15-16-17-18-19-20-21-22-23-24-25-26-27-28-30-35-36(33,34)31(29-7-2)32(3,4)5/h19-20,31H,6-18,21-30H2,1-5H3/p+1/b20-19-. The van der Waals surface area contributed by atoms with Gasteiger partial charge in [0, 0.05) is 6.42 Å². The summed E-state index contributed by atoms with van der Waals surface area (Å²) < 4.78 is 18.7. The summed E-state index contributed by atoms with van der Waals surface area (Å²) in [4.78, 5) is 10.4. The van der Waals surface area contributed by atoms with Crippen LogP contribution in [0.2, 0.25) is 0 Å². The molecule has 0 aliphatic carbocycles. The molecule has 0 aliphatic heterocycles. The Balaban J connectivity index is 3.46. The second-order valence-electron chi connectivity index (χ2n) is 11.8. The molecule has 0 aromatic rings. The lowest BCUT2D eigenvalue weighted by Crippen LogP contribution is -2.45. The van der Waals surface area contributed by atoms with Crippen LogP contribution in [0.25, 0.3) is 0 Å². The van der Waals surface area contributed by atoms with E-state index in [4.69, 9.17) is 4.52 Å². The molecule has 0 spiro atoms. The first kappa shape index (κ1) is 35.9. The van der Waals surface area contributed by atoms with Crippen LogP contribution in [-0.2, 0) is 9.09 Å². The highest BCUT2D eigenvalue weighted by molar-refractivity contribution is 7.53. The summed E-state index contributed by atoms with van der Waals surface area (Å²) in [6.45, 7) is 4.74. The minimum absolute atomic E-state index is 0.337. The third-order valence-corrected chi connectivity index (χ3v) is 9.51. The third-order valence-electron chi connectivity index (χ3n) is 7.25. The van der Waals surface area contributed by atoms with Gasteiger partial charge < -0.3 is 13.9 Å². The van der Waals surface area contributed by atoms with Crippen molar-refractivity contribution < 1.29 is 18.5 Å². The molecule has 0 aromatic carbocycles. The predicted octanol–water partition coefficient (Wildman–Crippen LogP) is 10.4. The molecule has 2 atom stereocenters. The molecule has 1 N–H and O–H groups in total. The number of hydrogen-bond donors (Lipinski definition) is 1. The molecule has 0 fully saturated rings. The van der Waals surface area contributed by atoms with Gasteiger partial charge in [-0.25, -0.2) is 0 Å². The summed E-state index contributed by atoms with van der Waals surface area (Å²) in [5, 5.41) is 0. The molecular weight excluding hydrogens is 465 g/mol. The lowest BCUT2D eigenvalue weighted by Gasteiger charge is -2.35. The van der Waals surface area contributed by atoms with Gasteiger partial charge in [-0.2, -0.15) is 0 Å². The van der Waals surface area contributed by atoms with E-state index in [1.54, 1.807) is 0 Å². The van der Waals surface area contributed by atoms with Gasteiger partial charge in [0.25, 0.3) is 0 Å². The molecule has 0 saturated heterocycles. The van der Waals surface area contributed by atoms with Gasteiger partial charge in [0.2, 0.25) is 0 Å². The minimum atomic E-state index is -3.57. The van der Waals surface area contributed by atoms with Crippen LogP contribution in [0.3, 0.4) is 0 Å². The maximum Gasteiger partial charge on any atom is 0.385 e. The van der Waals surface area contributed by atoms with Crippen molar-refractivity contribution in [1.29, 1.82) is 0 Å². The van der Waals surface area contributed by atoms with Crippen molar-refractivity contribution in [2.45, 2.75) is 161 Å². The van der Waals surface area contributed by atoms with Gasteiger partial charge in [-0.3, -0.25) is 4.57 Å². The first-order valence-electron chi connectivity index (χ1n) is 15.7. The third kappa shape index (κ3) is 21.9. The zero-order chi connectivity index (χ0) is 27.0. The summed E-state index contributed by atoms with van der Waals surface area (Å²) in [7, 11) is 2.35. The quantitative estimate of drug-likeness (QED) is 0.0497. The average molecular weight is 531 g/mol. The van der Waals surface area contributed by atoms with Crippen molar-refractivity contribution in [1.82, 2.24) is 0 Å². The number of quaternary nitrogens is 1. The Morgan fingerprint density at radius 1 is 0.639 bits per heavy atom. The van der Waals surface area contributed by atoms with E-state index in [2.05, 4.69) is 26.0 Å². The highest BCUT2D eigenvalue weighted by Crippen LogP contribution is 2.51. The lowest BCUT2D eigenvalue weighted by atomic mass is 10.0. The fourth-order valence-electron chi connectivity index (χ4n) is 4.94. The van der Waals surface area contributed by atoms with Crippen molar-refractivity contribution in [3.8, 4) is 0 Å². The SMILES string of the molecule is CCCCCCCCCCCCC/C=C\CCCCCCCCCOP(=O)(O)C(CCC)[N+](C)(C)C. The van der Waals surface area contributed by atoms with Gasteiger partial charge >= 0.3 is 7.60 Å². The van der Waals surface area contributed by atoms with Crippen molar-refractivity contribution in [3.63, 3.8) is 0 Å². The van der Waals surface area contributed by atoms with Crippen LogP contribution in [0.15, 0.2) is 12.2 Å². The summed E-state index contributed by atoms with van der Waals surface area (Å²) in [6, 6.07) is 0. The van der Waals surface area contributed by atoms with E-state index in [-0.39, 0.29) is 5.78 Å². The number of rotatable bonds is 27. The van der Waals surface area contributed by atoms with E-state index in [0.29, 0.717) is 17.5 Å². The van der Waals surface area contributed by atoms with Crippen molar-refractivity contribution >= 4 is 7.60 Å². The highest BCUT2D eigenvalue weighted by Gasteiger charge is 2.41. The van der Waals surface area contributed by atoms with Gasteiger partial charge in [-0.1, -0.05) is 122 Å². The molecular formula is C31H65NO3P+. The minimum Gasteiger partial charge on any atom is -0.320 e. The van der Waals surface area contributed by atoms with Crippen LogP contribution >= 0.6 is 7.60 Å². The highest BCUT2D eigenvalue weighted by atomic mass is 31.2. The van der Waals surface area contributed by atoms with Crippen LogP contribution in [0.4, 0.5) is 0 Å². The summed E-state index contributed by atoms with van der Waals surface area (Å²) in [6.07, 6.45) is 32.8. The van der Waals surface area contributed by atoms with Crippen molar-refractivity contribution in [2.24, 2.45) is 0 Å². The molecule has 0 bridgehead atoms. The van der Waals surface area contributed by atoms with Crippen LogP contribution in [0, 0.1) is 0 Å². The number of allylic oxidation sites excluding steroid dienone is 2. The lowest BCUT2D eigenvalue weighted by molar-refractivity contribution is -0.883. The smallest absolute Gasteiger partial charge is 0.320 e. The summed E-state index contributed by atoms with van der Waals surface area (Å²) in [5.74, 6) is -0.337. The van der Waals surface area contributed by atoms with E-state index >= 15 is 0 Å². The van der Waals surface area contributed by atoms with E-state index in [1.165, 1.54) is 116 Å². The Bertz CT molecular complexity index is 544. The Morgan fingerprint density at radius 2 is 1.03 bits per heavy atom. The molecule has 0 aromatic heterocycles. The van der Waals surface area contributed by atoms with Crippen molar-refractivity contribution in [2.75, 3.05) is 27.7 Å². The fraction of sp³-hybridized carbons (Fsp3) is 0.935. The van der Waals surface area contributed by atoms with Gasteiger partial charge in [0.15, 0.2) is 5.78 Å². The van der Waals surface area contributed by atoms with E-state index in [1.807, 2.05) is 21.1 Å². The molecule has 0 amide bonds. The second-order valence-corrected chi connectivity index (χ2v) is 13.8. The maximum absolute atomic E-state index is 12.7. The molecule has 216 valence electrons. The zero-order valence-corrected chi connectivity index (χ0v) is 26.0. The van der Waals surface area contributed by atoms with Crippen molar-refractivity contribution in [3.05, 3.63) is 12.2 Å². The van der Waals surface area contributed by atoms with E-state index in [0.717, 1.165) is 19.3 Å². The molecule has 0 heterocycles. The average Bonchev–Trinajstić information content (AvgIpc) is 2.82. The topological polar surface area (TPSA) is 46.5 Å². The van der Waals surface area contributed by atoms with Gasteiger partial charge in [-0.15, -0.1) is 0 Å². The zero-order valence-electron chi connectivity index (χ0n) is 25.2. The Kier molecular flexibility index (Phi) is 23.8. The van der Waals surface area contributed by atoms with Crippen LogP contribution < -0.4 is 0 Å². The second kappa shape index (κ2) is 23.9. The Hall–Kier alpha value is -0.150. The molecule has 0 radical (unpaired) electrons. The molecule has 2 unspecified atom stereocenters. The fourth-order valence-corrected chi connectivity index (χ4v) is 6.96. The summed E-state index contributed by atoms with van der Waals surface area (Å²) in [5.41, 5.74) is 0. The molecule has 36 heavy (non-hydrogen) atoms. The van der Waals surface area contributed by atoms with Gasteiger partial charge in [0.1, 0.15) is 0 Å². The molecule has 0 aliphatic rings. The maximum atomic E-state index is 12.7. The van der Waals surface area contributed by atoms with Gasteiger partial charge in [0.05, 0.1) is 27.7 Å². The molecule has 0 rings (SSSR count). The summed E-state index contributed by atoms with van der Waals surface area (Å²) >= 11 is 0. The Morgan fingerprint density at radius 3 is 1.42 bits per heavy atom. The van der Waals surface area contributed by atoms with Gasteiger partial charge in [-0.05, 0) is 38.5 Å². The van der Waals surface area contributed by atoms with E-state index < -0.39 is 7.60 Å². The first-order chi connectivity index (χ1) is 17.3. The molecule has 0 saturated carbocycles. The number of unbranched alkanes of at least 4 members (excludes halogenated alkanes) is 18. The van der Waals surface area contributed by atoms with E-state index in [9.17, 15) is 9.46 Å². The van der Waals surface area contributed by atoms with Crippen LogP contribution in [0.5, 0.6) is 0 Å². The van der Waals surface area contributed by atoms with Crippen LogP contribution in [0.1, 0.15) is 155 Å². The monoisotopic (exact) mass is 530 g/mol. The van der Waals surface area contributed by atoms with Crippen LogP contribution in [-0.4, -0.2) is 42.9 Å². The first-order valence-corrected chi connectivity index (χ1v) is 17.3. The Labute approximate surface area is 226 Å². The largest absolute Gasteiger partial charge is 0.385 e. The molecule has 5 heteroatoms. The predicted molar refractivity (Wildman–Crippen MR) is 160 cm³/mol. The number of hydrogen-bond acceptors (Lipinski definition) is 2.